The highest BCUT2D eigenvalue weighted by Gasteiger charge is 2.12. The molecule has 5 nitrogen and oxygen atoms in total. The first-order valence-corrected chi connectivity index (χ1v) is 9.58. The second-order valence-electron chi connectivity index (χ2n) is 5.63. The fourth-order valence-corrected chi connectivity index (χ4v) is 2.81. The van der Waals surface area contributed by atoms with Gasteiger partial charge in [0.2, 0.25) is 0 Å². The van der Waals surface area contributed by atoms with Crippen LogP contribution < -0.4 is 4.72 Å². The van der Waals surface area contributed by atoms with E-state index in [4.69, 9.17) is 9.81 Å². The van der Waals surface area contributed by atoms with E-state index in [-0.39, 0.29) is 12.5 Å². The fourth-order valence-electron chi connectivity index (χ4n) is 2.43. The Hall–Kier alpha value is -3.08. The molecule has 2 N–H and O–H groups in total. The highest BCUT2D eigenvalue weighted by molar-refractivity contribution is 7.83. The van der Waals surface area contributed by atoms with Gasteiger partial charge in [-0.15, -0.1) is 5.92 Å². The second-order valence-corrected chi connectivity index (χ2v) is 6.87. The number of benzene rings is 2. The molecule has 0 spiro atoms. The van der Waals surface area contributed by atoms with Gasteiger partial charge in [0.05, 0.1) is 18.4 Å². The van der Waals surface area contributed by atoms with Crippen LogP contribution in [0.1, 0.15) is 35.1 Å². The van der Waals surface area contributed by atoms with E-state index in [1.165, 1.54) is 0 Å². The summed E-state index contributed by atoms with van der Waals surface area (Å²) in [4.78, 5) is 0. The van der Waals surface area contributed by atoms with Crippen molar-refractivity contribution in [3.05, 3.63) is 70.8 Å². The van der Waals surface area contributed by atoms with Crippen LogP contribution in [-0.4, -0.2) is 19.5 Å². The van der Waals surface area contributed by atoms with Crippen molar-refractivity contribution in [1.82, 2.24) is 4.72 Å². The van der Waals surface area contributed by atoms with Gasteiger partial charge >= 0.3 is 10.3 Å². The molecule has 0 heterocycles. The third-order valence-corrected chi connectivity index (χ3v) is 4.26. The van der Waals surface area contributed by atoms with Gasteiger partial charge in [-0.3, -0.25) is 4.55 Å². The Morgan fingerprint density at radius 3 is 2.44 bits per heavy atom. The molecule has 0 saturated heterocycles. The summed E-state index contributed by atoms with van der Waals surface area (Å²) in [5.74, 6) is 11.4. The topological polar surface area (TPSA) is 90.2 Å². The summed E-state index contributed by atoms with van der Waals surface area (Å²) >= 11 is 0. The largest absolute Gasteiger partial charge is 0.333 e. The highest BCUT2D eigenvalue weighted by Crippen LogP contribution is 2.16. The van der Waals surface area contributed by atoms with Crippen LogP contribution in [0, 0.1) is 35.0 Å². The van der Waals surface area contributed by atoms with E-state index in [2.05, 4.69) is 34.5 Å². The van der Waals surface area contributed by atoms with E-state index in [0.29, 0.717) is 6.42 Å². The molecular formula is C21H18N2O3S. The Balaban J connectivity index is 2.20. The second kappa shape index (κ2) is 9.57. The first kappa shape index (κ1) is 20.2. The average molecular weight is 378 g/mol. The van der Waals surface area contributed by atoms with Crippen LogP contribution in [0.25, 0.3) is 0 Å². The Bertz CT molecular complexity index is 1060. The zero-order valence-electron chi connectivity index (χ0n) is 14.7. The fraction of sp³-hybridized carbons (Fsp3) is 0.190. The van der Waals surface area contributed by atoms with Gasteiger partial charge in [0.1, 0.15) is 0 Å². The van der Waals surface area contributed by atoms with Crippen molar-refractivity contribution < 1.29 is 13.0 Å². The van der Waals surface area contributed by atoms with Crippen molar-refractivity contribution in [2.45, 2.75) is 19.3 Å². The number of rotatable bonds is 5. The van der Waals surface area contributed by atoms with Gasteiger partial charge in [-0.05, 0) is 36.2 Å². The minimum absolute atomic E-state index is 0.0216. The van der Waals surface area contributed by atoms with Gasteiger partial charge in [0.25, 0.3) is 0 Å². The monoisotopic (exact) mass is 378 g/mol. The third kappa shape index (κ3) is 6.62. The molecule has 1 atom stereocenters. The predicted octanol–water partition coefficient (Wildman–Crippen LogP) is 2.65. The summed E-state index contributed by atoms with van der Waals surface area (Å²) in [7, 11) is -4.26. The Morgan fingerprint density at radius 1 is 1.11 bits per heavy atom. The van der Waals surface area contributed by atoms with Crippen LogP contribution in [0.3, 0.4) is 0 Å². The van der Waals surface area contributed by atoms with E-state index in [1.807, 2.05) is 48.5 Å². The number of nitrogens with zero attached hydrogens (tertiary/aromatic N) is 1. The van der Waals surface area contributed by atoms with E-state index in [0.717, 1.165) is 22.3 Å². The lowest BCUT2D eigenvalue weighted by Gasteiger charge is -2.11. The maximum atomic E-state index is 10.9. The van der Waals surface area contributed by atoms with E-state index in [9.17, 15) is 8.42 Å². The lowest BCUT2D eigenvalue weighted by molar-refractivity contribution is 0.466. The predicted molar refractivity (Wildman–Crippen MR) is 104 cm³/mol. The SMILES string of the molecule is CC#CC(CNS(=O)(=O)O)c1ccc(C#Cc2ccccc2CC#N)cc1. The molecule has 0 bridgehead atoms. The molecule has 27 heavy (non-hydrogen) atoms. The van der Waals surface area contributed by atoms with Crippen LogP contribution in [0.15, 0.2) is 48.5 Å². The molecule has 2 aromatic rings. The molecule has 0 aliphatic heterocycles. The molecule has 0 aliphatic carbocycles. The van der Waals surface area contributed by atoms with Gasteiger partial charge < -0.3 is 0 Å². The van der Waals surface area contributed by atoms with E-state index < -0.39 is 10.3 Å². The Labute approximate surface area is 159 Å². The molecule has 136 valence electrons. The van der Waals surface area contributed by atoms with Gasteiger partial charge in [-0.1, -0.05) is 48.1 Å². The van der Waals surface area contributed by atoms with E-state index >= 15 is 0 Å². The average Bonchev–Trinajstić information content (AvgIpc) is 2.64. The van der Waals surface area contributed by atoms with Crippen molar-refractivity contribution in [1.29, 1.82) is 5.26 Å². The van der Waals surface area contributed by atoms with Crippen LogP contribution in [0.2, 0.25) is 0 Å². The summed E-state index contributed by atoms with van der Waals surface area (Å²) in [5.41, 5.74) is 3.31. The zero-order chi connectivity index (χ0) is 19.7. The standard InChI is InChI=1S/C21H18N2O3S/c1-2-5-21(16-23-27(24,25)26)20-12-9-17(10-13-20)8-11-18-6-3-4-7-19(18)14-15-22/h3-4,6-7,9-10,12-13,21,23H,14,16H2,1H3,(H,24,25,26). The minimum Gasteiger partial charge on any atom is -0.273 e. The van der Waals surface area contributed by atoms with Gasteiger partial charge in [0.15, 0.2) is 0 Å². The smallest absolute Gasteiger partial charge is 0.273 e. The van der Waals surface area contributed by atoms with Gasteiger partial charge in [0, 0.05) is 17.7 Å². The third-order valence-electron chi connectivity index (χ3n) is 3.73. The van der Waals surface area contributed by atoms with Crippen molar-refractivity contribution in [3.63, 3.8) is 0 Å². The molecule has 0 saturated carbocycles. The summed E-state index contributed by atoms with van der Waals surface area (Å²) < 4.78 is 32.6. The molecule has 1 unspecified atom stereocenters. The van der Waals surface area contributed by atoms with E-state index in [1.54, 1.807) is 6.92 Å². The van der Waals surface area contributed by atoms with Crippen molar-refractivity contribution in [3.8, 4) is 29.8 Å². The van der Waals surface area contributed by atoms with Gasteiger partial charge in [-0.25, -0.2) is 0 Å². The van der Waals surface area contributed by atoms with Crippen LogP contribution in [-0.2, 0) is 16.7 Å². The maximum absolute atomic E-state index is 10.9. The molecule has 0 radical (unpaired) electrons. The first-order valence-electron chi connectivity index (χ1n) is 8.14. The number of hydrogen-bond donors (Lipinski definition) is 2. The molecule has 0 fully saturated rings. The van der Waals surface area contributed by atoms with Crippen LogP contribution in [0.4, 0.5) is 0 Å². The molecule has 0 amide bonds. The lowest BCUT2D eigenvalue weighted by Crippen LogP contribution is -2.27. The quantitative estimate of drug-likeness (QED) is 0.618. The normalized spacial score (nSPS) is 11.3. The van der Waals surface area contributed by atoms with Crippen LogP contribution in [0.5, 0.6) is 0 Å². The molecule has 0 aromatic heterocycles. The minimum atomic E-state index is -4.26. The molecule has 2 aromatic carbocycles. The highest BCUT2D eigenvalue weighted by atomic mass is 32.2. The van der Waals surface area contributed by atoms with Crippen molar-refractivity contribution >= 4 is 10.3 Å². The van der Waals surface area contributed by atoms with Crippen molar-refractivity contribution in [2.75, 3.05) is 6.54 Å². The summed E-state index contributed by atoms with van der Waals surface area (Å²) in [6.07, 6.45) is 0.307. The maximum Gasteiger partial charge on any atom is 0.333 e. The molecule has 6 heteroatoms. The van der Waals surface area contributed by atoms with Crippen LogP contribution >= 0.6 is 0 Å². The van der Waals surface area contributed by atoms with Gasteiger partial charge in [-0.2, -0.15) is 18.4 Å². The Morgan fingerprint density at radius 2 is 1.81 bits per heavy atom. The summed E-state index contributed by atoms with van der Waals surface area (Å²) in [6.45, 7) is 1.64. The number of nitriles is 1. The summed E-state index contributed by atoms with van der Waals surface area (Å²) in [5, 5.41) is 8.88. The lowest BCUT2D eigenvalue weighted by atomic mass is 9.98. The number of hydrogen-bond acceptors (Lipinski definition) is 3. The molecule has 0 aliphatic rings. The molecule has 2 rings (SSSR count). The summed E-state index contributed by atoms with van der Waals surface area (Å²) in [6, 6.07) is 16.9. The molecular weight excluding hydrogens is 360 g/mol. The Kier molecular flexibility index (Phi) is 7.17. The van der Waals surface area contributed by atoms with Crippen molar-refractivity contribution in [2.24, 2.45) is 0 Å². The zero-order valence-corrected chi connectivity index (χ0v) is 15.5. The first-order chi connectivity index (χ1) is 12.9. The number of nitrogens with one attached hydrogen (secondary N) is 1.